The molecule has 120 valence electrons. The summed E-state index contributed by atoms with van der Waals surface area (Å²) in [6, 6.07) is 0.900. The molecule has 0 amide bonds. The van der Waals surface area contributed by atoms with Gasteiger partial charge in [0.25, 0.3) is 0 Å². The number of alkyl halides is 3. The average molecular weight is 311 g/mol. The minimum Gasteiger partial charge on any atom is -0.497 e. The number of benzene rings is 1. The van der Waals surface area contributed by atoms with Crippen molar-refractivity contribution in [1.82, 2.24) is 5.32 Å². The molecule has 1 atom stereocenters. The molecule has 0 radical (unpaired) electrons. The van der Waals surface area contributed by atoms with Crippen LogP contribution in [0.3, 0.4) is 0 Å². The van der Waals surface area contributed by atoms with E-state index in [-0.39, 0.29) is 11.3 Å². The Labute approximate surface area is 120 Å². The lowest BCUT2D eigenvalue weighted by Gasteiger charge is -2.21. The van der Waals surface area contributed by atoms with Gasteiger partial charge in [0.1, 0.15) is 17.4 Å². The van der Waals surface area contributed by atoms with Crippen LogP contribution in [0.4, 0.5) is 22.0 Å². The van der Waals surface area contributed by atoms with Crippen molar-refractivity contribution in [2.24, 2.45) is 0 Å². The molecule has 0 saturated heterocycles. The summed E-state index contributed by atoms with van der Waals surface area (Å²) >= 11 is 0. The Morgan fingerprint density at radius 3 is 2.19 bits per heavy atom. The Hall–Kier alpha value is -1.37. The van der Waals surface area contributed by atoms with Crippen LogP contribution in [0.5, 0.6) is 5.75 Å². The number of halogens is 5. The van der Waals surface area contributed by atoms with Crippen molar-refractivity contribution < 1.29 is 26.7 Å². The minimum atomic E-state index is -4.37. The van der Waals surface area contributed by atoms with E-state index in [1.54, 1.807) is 0 Å². The molecular formula is C14H18F5NO. The molecule has 0 aliphatic carbocycles. The van der Waals surface area contributed by atoms with Crippen LogP contribution < -0.4 is 10.1 Å². The van der Waals surface area contributed by atoms with Crippen molar-refractivity contribution >= 4 is 0 Å². The van der Waals surface area contributed by atoms with E-state index in [1.807, 2.05) is 6.92 Å². The van der Waals surface area contributed by atoms with Crippen molar-refractivity contribution in [1.29, 1.82) is 0 Å². The number of hydrogen-bond donors (Lipinski definition) is 1. The summed E-state index contributed by atoms with van der Waals surface area (Å²) in [5.41, 5.74) is -0.381. The highest BCUT2D eigenvalue weighted by atomic mass is 19.4. The van der Waals surface area contributed by atoms with E-state index in [0.29, 0.717) is 13.0 Å². The molecule has 21 heavy (non-hydrogen) atoms. The van der Waals surface area contributed by atoms with Crippen molar-refractivity contribution in [2.75, 3.05) is 13.7 Å². The van der Waals surface area contributed by atoms with Crippen LogP contribution in [0.2, 0.25) is 0 Å². The van der Waals surface area contributed by atoms with Gasteiger partial charge in [-0.1, -0.05) is 6.92 Å². The Morgan fingerprint density at radius 2 is 1.76 bits per heavy atom. The van der Waals surface area contributed by atoms with Crippen molar-refractivity contribution in [3.63, 3.8) is 0 Å². The zero-order chi connectivity index (χ0) is 16.0. The predicted molar refractivity (Wildman–Crippen MR) is 69.2 cm³/mol. The predicted octanol–water partition coefficient (Wildman–Crippen LogP) is 4.36. The van der Waals surface area contributed by atoms with Gasteiger partial charge in [-0.2, -0.15) is 13.2 Å². The minimum absolute atomic E-state index is 0.0150. The van der Waals surface area contributed by atoms with E-state index >= 15 is 0 Å². The highest BCUT2D eigenvalue weighted by Crippen LogP contribution is 2.32. The molecular weight excluding hydrogens is 293 g/mol. The van der Waals surface area contributed by atoms with Gasteiger partial charge < -0.3 is 10.1 Å². The summed E-state index contributed by atoms with van der Waals surface area (Å²) in [6.07, 6.45) is -5.27. The normalized spacial score (nSPS) is 13.3. The van der Waals surface area contributed by atoms with Gasteiger partial charge in [0.2, 0.25) is 0 Å². The number of nitrogens with one attached hydrogen (secondary N) is 1. The van der Waals surface area contributed by atoms with Gasteiger partial charge in [-0.3, -0.25) is 0 Å². The number of methoxy groups -OCH3 is 1. The molecule has 0 spiro atoms. The third-order valence-corrected chi connectivity index (χ3v) is 2.99. The Morgan fingerprint density at radius 1 is 1.19 bits per heavy atom. The van der Waals surface area contributed by atoms with E-state index in [2.05, 4.69) is 5.32 Å². The Balaban J connectivity index is 3.02. The maximum absolute atomic E-state index is 14.0. The molecule has 1 unspecified atom stereocenters. The lowest BCUT2D eigenvalue weighted by Crippen LogP contribution is -2.26. The first kappa shape index (κ1) is 17.7. The van der Waals surface area contributed by atoms with E-state index in [1.165, 1.54) is 7.11 Å². The first-order chi connectivity index (χ1) is 9.78. The van der Waals surface area contributed by atoms with Crippen LogP contribution in [0.15, 0.2) is 12.1 Å². The van der Waals surface area contributed by atoms with Crippen LogP contribution in [-0.2, 0) is 0 Å². The Kier molecular flexibility index (Phi) is 6.39. The molecule has 0 fully saturated rings. The van der Waals surface area contributed by atoms with E-state index in [9.17, 15) is 22.0 Å². The molecule has 7 heteroatoms. The van der Waals surface area contributed by atoms with Crippen LogP contribution in [0, 0.1) is 11.6 Å². The number of hydrogen-bond acceptors (Lipinski definition) is 2. The maximum atomic E-state index is 14.0. The van der Waals surface area contributed by atoms with Crippen LogP contribution in [0.25, 0.3) is 0 Å². The largest absolute Gasteiger partial charge is 0.497 e. The first-order valence-corrected chi connectivity index (χ1v) is 6.61. The zero-order valence-corrected chi connectivity index (χ0v) is 11.9. The quantitative estimate of drug-likeness (QED) is 0.756. The second kappa shape index (κ2) is 7.59. The molecule has 0 saturated carbocycles. The fourth-order valence-electron chi connectivity index (χ4n) is 1.99. The molecule has 0 aliphatic heterocycles. The SMILES string of the molecule is CCCNC(CCC(F)(F)F)c1c(F)cc(OC)cc1F. The maximum Gasteiger partial charge on any atom is 0.389 e. The molecule has 2 nitrogen and oxygen atoms in total. The molecule has 1 aromatic rings. The monoisotopic (exact) mass is 311 g/mol. The summed E-state index contributed by atoms with van der Waals surface area (Å²) in [4.78, 5) is 0. The zero-order valence-electron chi connectivity index (χ0n) is 11.9. The van der Waals surface area contributed by atoms with Gasteiger partial charge in [-0.25, -0.2) is 8.78 Å². The number of ether oxygens (including phenoxy) is 1. The molecule has 1 N–H and O–H groups in total. The highest BCUT2D eigenvalue weighted by molar-refractivity contribution is 5.32. The van der Waals surface area contributed by atoms with Gasteiger partial charge in [-0.05, 0) is 19.4 Å². The van der Waals surface area contributed by atoms with Gasteiger partial charge in [-0.15, -0.1) is 0 Å². The highest BCUT2D eigenvalue weighted by Gasteiger charge is 2.30. The Bertz CT molecular complexity index is 438. The molecule has 1 rings (SSSR count). The van der Waals surface area contributed by atoms with Crippen molar-refractivity contribution in [3.8, 4) is 5.75 Å². The van der Waals surface area contributed by atoms with Crippen LogP contribution >= 0.6 is 0 Å². The fourth-order valence-corrected chi connectivity index (χ4v) is 1.99. The van der Waals surface area contributed by atoms with Gasteiger partial charge in [0.15, 0.2) is 0 Å². The third-order valence-electron chi connectivity index (χ3n) is 2.99. The average Bonchev–Trinajstić information content (AvgIpc) is 2.39. The third kappa shape index (κ3) is 5.49. The van der Waals surface area contributed by atoms with E-state index in [4.69, 9.17) is 4.74 Å². The fraction of sp³-hybridized carbons (Fsp3) is 0.571. The van der Waals surface area contributed by atoms with Gasteiger partial charge in [0, 0.05) is 30.2 Å². The van der Waals surface area contributed by atoms with E-state index < -0.39 is 36.7 Å². The van der Waals surface area contributed by atoms with Crippen molar-refractivity contribution in [2.45, 2.75) is 38.4 Å². The first-order valence-electron chi connectivity index (χ1n) is 6.61. The summed E-state index contributed by atoms with van der Waals surface area (Å²) in [7, 11) is 1.25. The molecule has 0 aliphatic rings. The van der Waals surface area contributed by atoms with Crippen LogP contribution in [0.1, 0.15) is 37.8 Å². The van der Waals surface area contributed by atoms with E-state index in [0.717, 1.165) is 12.1 Å². The molecule has 0 aromatic heterocycles. The van der Waals surface area contributed by atoms with Crippen LogP contribution in [-0.4, -0.2) is 19.8 Å². The lowest BCUT2D eigenvalue weighted by molar-refractivity contribution is -0.136. The standard InChI is InChI=1S/C14H18F5NO/c1-3-6-20-12(4-5-14(17,18)19)13-10(15)7-9(21-2)8-11(13)16/h7-8,12,20H,3-6H2,1-2H3. The topological polar surface area (TPSA) is 21.3 Å². The summed E-state index contributed by atoms with van der Waals surface area (Å²) in [6.45, 7) is 2.18. The summed E-state index contributed by atoms with van der Waals surface area (Å²) in [5.74, 6) is -1.84. The summed E-state index contributed by atoms with van der Waals surface area (Å²) < 4.78 is 69.6. The molecule has 0 bridgehead atoms. The number of rotatable bonds is 7. The van der Waals surface area contributed by atoms with Gasteiger partial charge in [0.05, 0.1) is 7.11 Å². The molecule has 0 heterocycles. The van der Waals surface area contributed by atoms with Gasteiger partial charge >= 0.3 is 6.18 Å². The lowest BCUT2D eigenvalue weighted by atomic mass is 10.00. The summed E-state index contributed by atoms with van der Waals surface area (Å²) in [5, 5.41) is 2.76. The molecule has 1 aromatic carbocycles. The smallest absolute Gasteiger partial charge is 0.389 e. The second-order valence-electron chi connectivity index (χ2n) is 4.67. The second-order valence-corrected chi connectivity index (χ2v) is 4.67. The van der Waals surface area contributed by atoms with Crippen molar-refractivity contribution in [3.05, 3.63) is 29.3 Å².